The largest absolute Gasteiger partial charge is 0.394 e. The summed E-state index contributed by atoms with van der Waals surface area (Å²) in [5, 5.41) is 13.4. The van der Waals surface area contributed by atoms with Crippen molar-refractivity contribution in [3.63, 3.8) is 0 Å². The van der Waals surface area contributed by atoms with Crippen molar-refractivity contribution in [1.29, 1.82) is 0 Å². The van der Waals surface area contributed by atoms with Gasteiger partial charge in [0.15, 0.2) is 0 Å². The maximum atomic E-state index is 13.4. The predicted molar refractivity (Wildman–Crippen MR) is 106 cm³/mol. The van der Waals surface area contributed by atoms with Crippen molar-refractivity contribution in [2.24, 2.45) is 11.8 Å². The Morgan fingerprint density at radius 1 is 1.36 bits per heavy atom. The first kappa shape index (κ1) is 21.3. The van der Waals surface area contributed by atoms with Crippen molar-refractivity contribution in [2.45, 2.75) is 38.2 Å². The van der Waals surface area contributed by atoms with Crippen LogP contribution in [-0.4, -0.2) is 65.7 Å². The van der Waals surface area contributed by atoms with Gasteiger partial charge in [-0.1, -0.05) is 31.0 Å². The molecule has 2 fully saturated rings. The molecule has 0 aromatic heterocycles. The zero-order chi connectivity index (χ0) is 20.3. The number of aliphatic hydroxyl groups excluding tert-OH is 1. The molecule has 2 amide bonds. The first-order valence-corrected chi connectivity index (χ1v) is 10.2. The maximum Gasteiger partial charge on any atom is 0.322 e. The Balaban J connectivity index is 1.67. The molecule has 3 atom stereocenters. The zero-order valence-electron chi connectivity index (χ0n) is 16.1. The van der Waals surface area contributed by atoms with E-state index < -0.39 is 5.92 Å². The highest BCUT2D eigenvalue weighted by atomic mass is 35.5. The summed E-state index contributed by atoms with van der Waals surface area (Å²) < 4.78 is 26.9. The molecule has 0 bridgehead atoms. The molecule has 0 aliphatic carbocycles. The monoisotopic (exact) mass is 415 g/mol. The van der Waals surface area contributed by atoms with E-state index in [1.807, 2.05) is 4.90 Å². The van der Waals surface area contributed by atoms with Gasteiger partial charge in [0.05, 0.1) is 12.6 Å². The molecule has 5 nitrogen and oxygen atoms in total. The van der Waals surface area contributed by atoms with Crippen LogP contribution in [0.5, 0.6) is 0 Å². The van der Waals surface area contributed by atoms with Crippen LogP contribution in [0.15, 0.2) is 24.3 Å². The number of halogens is 3. The smallest absolute Gasteiger partial charge is 0.322 e. The van der Waals surface area contributed by atoms with Crippen molar-refractivity contribution >= 4 is 23.3 Å². The molecular weight excluding hydrogens is 388 g/mol. The molecule has 0 radical (unpaired) electrons. The van der Waals surface area contributed by atoms with Gasteiger partial charge in [0.1, 0.15) is 0 Å². The zero-order valence-corrected chi connectivity index (χ0v) is 16.8. The number of nitrogens with zero attached hydrogens (tertiary/aromatic N) is 2. The molecule has 2 N–H and O–H groups in total. The minimum Gasteiger partial charge on any atom is -0.394 e. The normalized spacial score (nSPS) is 27.8. The van der Waals surface area contributed by atoms with E-state index in [2.05, 4.69) is 12.2 Å². The lowest BCUT2D eigenvalue weighted by Gasteiger charge is -2.36. The lowest BCUT2D eigenvalue weighted by molar-refractivity contribution is -0.0591. The van der Waals surface area contributed by atoms with Crippen molar-refractivity contribution in [2.75, 3.05) is 38.1 Å². The highest BCUT2D eigenvalue weighted by Crippen LogP contribution is 2.35. The number of alkyl halides is 2. The Bertz CT molecular complexity index is 681. The van der Waals surface area contributed by atoms with E-state index in [1.165, 1.54) is 0 Å². The van der Waals surface area contributed by atoms with E-state index in [-0.39, 0.29) is 43.4 Å². The van der Waals surface area contributed by atoms with E-state index in [1.54, 1.807) is 29.2 Å². The molecular formula is C20H28ClF2N3O2. The summed E-state index contributed by atoms with van der Waals surface area (Å²) >= 11 is 5.98. The number of likely N-dealkylation sites (tertiary alicyclic amines) is 2. The van der Waals surface area contributed by atoms with Crippen LogP contribution < -0.4 is 5.32 Å². The predicted octanol–water partition coefficient (Wildman–Crippen LogP) is 3.92. The van der Waals surface area contributed by atoms with Crippen molar-refractivity contribution in [3.05, 3.63) is 29.3 Å². The number of carbonyl (C=O) groups excluding carboxylic acids is 1. The number of nitrogens with one attached hydrogen (secondary N) is 1. The average Bonchev–Trinajstić information content (AvgIpc) is 3.01. The van der Waals surface area contributed by atoms with E-state index in [4.69, 9.17) is 11.6 Å². The molecule has 2 aliphatic heterocycles. The van der Waals surface area contributed by atoms with Gasteiger partial charge >= 0.3 is 6.03 Å². The second-order valence-electron chi connectivity index (χ2n) is 7.83. The van der Waals surface area contributed by atoms with Crippen molar-refractivity contribution < 1.29 is 18.7 Å². The summed E-state index contributed by atoms with van der Waals surface area (Å²) in [5.74, 6) is -2.29. The van der Waals surface area contributed by atoms with Crippen LogP contribution >= 0.6 is 11.6 Å². The molecule has 28 heavy (non-hydrogen) atoms. The van der Waals surface area contributed by atoms with E-state index >= 15 is 0 Å². The SMILES string of the molecule is CC[C@@H]1CN(C(=O)Nc2cccc(Cl)c2)[C@H](CO)[C@@H]1CN1CCC(F)(F)CC1. The van der Waals surface area contributed by atoms with E-state index in [0.29, 0.717) is 36.9 Å². The Morgan fingerprint density at radius 3 is 2.68 bits per heavy atom. The fraction of sp³-hybridized carbons (Fsp3) is 0.650. The quantitative estimate of drug-likeness (QED) is 0.766. The molecule has 2 heterocycles. The number of hydrogen-bond acceptors (Lipinski definition) is 3. The number of piperidine rings is 1. The average molecular weight is 416 g/mol. The number of hydrogen-bond donors (Lipinski definition) is 2. The fourth-order valence-electron chi connectivity index (χ4n) is 4.36. The molecule has 2 saturated heterocycles. The summed E-state index contributed by atoms with van der Waals surface area (Å²) in [6.45, 7) is 3.80. The van der Waals surface area contributed by atoms with Crippen LogP contribution in [0.1, 0.15) is 26.2 Å². The third kappa shape index (κ3) is 4.93. The second kappa shape index (κ2) is 8.93. The van der Waals surface area contributed by atoms with Crippen LogP contribution in [0.25, 0.3) is 0 Å². The summed E-state index contributed by atoms with van der Waals surface area (Å²) in [7, 11) is 0. The molecule has 0 unspecified atom stereocenters. The van der Waals surface area contributed by atoms with Crippen LogP contribution in [0.4, 0.5) is 19.3 Å². The number of rotatable bonds is 5. The third-order valence-corrected chi connectivity index (χ3v) is 6.27. The van der Waals surface area contributed by atoms with E-state index in [0.717, 1.165) is 6.42 Å². The molecule has 0 spiro atoms. The molecule has 0 saturated carbocycles. The van der Waals surface area contributed by atoms with Crippen LogP contribution in [0.2, 0.25) is 5.02 Å². The fourth-order valence-corrected chi connectivity index (χ4v) is 4.55. The minimum atomic E-state index is -2.57. The molecule has 1 aromatic carbocycles. The van der Waals surface area contributed by atoms with Gasteiger partial charge in [0.25, 0.3) is 5.92 Å². The van der Waals surface area contributed by atoms with Crippen LogP contribution in [0.3, 0.4) is 0 Å². The Morgan fingerprint density at radius 2 is 2.07 bits per heavy atom. The molecule has 1 aromatic rings. The molecule has 156 valence electrons. The number of carbonyl (C=O) groups is 1. The highest BCUT2D eigenvalue weighted by molar-refractivity contribution is 6.30. The lowest BCUT2D eigenvalue weighted by atomic mass is 9.88. The number of amides is 2. The Hall–Kier alpha value is -1.44. The first-order valence-electron chi connectivity index (χ1n) is 9.87. The van der Waals surface area contributed by atoms with Crippen molar-refractivity contribution in [1.82, 2.24) is 9.80 Å². The Kier molecular flexibility index (Phi) is 6.78. The van der Waals surface area contributed by atoms with Gasteiger partial charge in [-0.3, -0.25) is 0 Å². The second-order valence-corrected chi connectivity index (χ2v) is 8.27. The van der Waals surface area contributed by atoms with Gasteiger partial charge in [-0.25, -0.2) is 13.6 Å². The van der Waals surface area contributed by atoms with Gasteiger partial charge in [-0.05, 0) is 30.0 Å². The van der Waals surface area contributed by atoms with Gasteiger partial charge in [0.2, 0.25) is 0 Å². The van der Waals surface area contributed by atoms with Gasteiger partial charge in [-0.15, -0.1) is 0 Å². The molecule has 8 heteroatoms. The van der Waals surface area contributed by atoms with Crippen LogP contribution in [0, 0.1) is 11.8 Å². The van der Waals surface area contributed by atoms with Crippen LogP contribution in [-0.2, 0) is 0 Å². The summed E-state index contributed by atoms with van der Waals surface area (Å²) in [4.78, 5) is 16.6. The maximum absolute atomic E-state index is 13.4. The van der Waals surface area contributed by atoms with Gasteiger partial charge in [0, 0.05) is 49.7 Å². The molecule has 2 aliphatic rings. The summed E-state index contributed by atoms with van der Waals surface area (Å²) in [6, 6.07) is 6.33. The summed E-state index contributed by atoms with van der Waals surface area (Å²) in [5.41, 5.74) is 0.601. The molecule has 3 rings (SSSR count). The van der Waals surface area contributed by atoms with E-state index in [9.17, 15) is 18.7 Å². The van der Waals surface area contributed by atoms with Gasteiger partial charge < -0.3 is 20.2 Å². The number of benzene rings is 1. The van der Waals surface area contributed by atoms with Gasteiger partial charge in [-0.2, -0.15) is 0 Å². The number of aliphatic hydroxyl groups is 1. The third-order valence-electron chi connectivity index (χ3n) is 6.04. The van der Waals surface area contributed by atoms with Crippen molar-refractivity contribution in [3.8, 4) is 0 Å². The topological polar surface area (TPSA) is 55.8 Å². The summed E-state index contributed by atoms with van der Waals surface area (Å²) in [6.07, 6.45) is 0.616. The Labute approximate surface area is 169 Å². The first-order chi connectivity index (χ1) is 13.3. The minimum absolute atomic E-state index is 0.0619. The lowest BCUT2D eigenvalue weighted by Crippen LogP contribution is -2.47. The number of anilines is 1. The number of urea groups is 1. The standard InChI is InChI=1S/C20H28ClF2N3O2/c1-2-14-11-26(19(28)24-16-5-3-4-15(21)10-16)18(13-27)17(14)12-25-8-6-20(22,23)7-9-25/h3-5,10,14,17-18,27H,2,6-9,11-13H2,1H3,(H,24,28)/t14-,17-,18-/m1/s1. The highest BCUT2D eigenvalue weighted by Gasteiger charge is 2.44.